The van der Waals surface area contributed by atoms with Gasteiger partial charge in [0, 0.05) is 18.1 Å². The minimum absolute atomic E-state index is 0.738. The Hall–Kier alpha value is -1.10. The fourth-order valence-corrected chi connectivity index (χ4v) is 2.53. The minimum Gasteiger partial charge on any atom is -0.341 e. The Balaban J connectivity index is 1.67. The van der Waals surface area contributed by atoms with Gasteiger partial charge in [-0.1, -0.05) is 18.0 Å². The smallest absolute Gasteiger partial charge is 0.122 e. The van der Waals surface area contributed by atoms with Crippen LogP contribution in [0.15, 0.2) is 18.2 Å². The lowest BCUT2D eigenvalue weighted by atomic mass is 10.2. The molecule has 96 valence electrons. The maximum atomic E-state index is 5.96. The number of nitrogens with zero attached hydrogens (tertiary/aromatic N) is 2. The Labute approximate surface area is 111 Å². The summed E-state index contributed by atoms with van der Waals surface area (Å²) >= 11 is 5.96. The zero-order valence-electron chi connectivity index (χ0n) is 10.2. The highest BCUT2D eigenvalue weighted by atomic mass is 35.5. The number of piperidine rings is 1. The molecule has 1 aliphatic heterocycles. The summed E-state index contributed by atoms with van der Waals surface area (Å²) in [6.07, 6.45) is 3.91. The molecule has 4 nitrogen and oxygen atoms in total. The van der Waals surface area contributed by atoms with Crippen LogP contribution in [0, 0.1) is 0 Å². The highest BCUT2D eigenvalue weighted by Gasteiger charge is 2.10. The first-order valence-electron chi connectivity index (χ1n) is 6.44. The fraction of sp³-hybridized carbons (Fsp3) is 0.462. The number of halogens is 1. The summed E-state index contributed by atoms with van der Waals surface area (Å²) in [5.74, 6) is 0.956. The summed E-state index contributed by atoms with van der Waals surface area (Å²) in [4.78, 5) is 7.83. The molecular formula is C13H17ClN4. The monoisotopic (exact) mass is 264 g/mol. The van der Waals surface area contributed by atoms with Gasteiger partial charge in [-0.2, -0.15) is 0 Å². The normalized spacial score (nSPS) is 17.4. The predicted molar refractivity (Wildman–Crippen MR) is 73.4 cm³/mol. The average Bonchev–Trinajstić information content (AvgIpc) is 2.79. The first-order chi connectivity index (χ1) is 8.81. The second-order valence-corrected chi connectivity index (χ2v) is 5.16. The molecule has 0 radical (unpaired) electrons. The van der Waals surface area contributed by atoms with Gasteiger partial charge in [0.15, 0.2) is 0 Å². The van der Waals surface area contributed by atoms with Gasteiger partial charge in [-0.25, -0.2) is 15.4 Å². The van der Waals surface area contributed by atoms with Crippen LogP contribution in [-0.2, 0) is 6.54 Å². The lowest BCUT2D eigenvalue weighted by molar-refractivity contribution is 0.149. The molecule has 0 aliphatic carbocycles. The number of H-pyrrole nitrogens is 1. The van der Waals surface area contributed by atoms with E-state index in [1.54, 1.807) is 0 Å². The summed E-state index contributed by atoms with van der Waals surface area (Å²) in [6.45, 7) is 3.00. The summed E-state index contributed by atoms with van der Waals surface area (Å²) in [7, 11) is 0. The molecule has 2 heterocycles. The van der Waals surface area contributed by atoms with Crippen molar-refractivity contribution in [1.29, 1.82) is 0 Å². The lowest BCUT2D eigenvalue weighted by Crippen LogP contribution is -2.41. The largest absolute Gasteiger partial charge is 0.341 e. The molecule has 2 N–H and O–H groups in total. The van der Waals surface area contributed by atoms with E-state index in [4.69, 9.17) is 11.6 Å². The Bertz CT molecular complexity index is 531. The van der Waals surface area contributed by atoms with Crippen LogP contribution in [-0.4, -0.2) is 28.1 Å². The second-order valence-electron chi connectivity index (χ2n) is 4.73. The number of benzene rings is 1. The van der Waals surface area contributed by atoms with Crippen molar-refractivity contribution in [3.05, 3.63) is 29.0 Å². The highest BCUT2D eigenvalue weighted by Crippen LogP contribution is 2.17. The molecule has 5 heteroatoms. The van der Waals surface area contributed by atoms with E-state index in [9.17, 15) is 0 Å². The van der Waals surface area contributed by atoms with Gasteiger partial charge in [-0.3, -0.25) is 0 Å². The predicted octanol–water partition coefficient (Wildman–Crippen LogP) is 2.71. The maximum Gasteiger partial charge on any atom is 0.122 e. The Kier molecular flexibility index (Phi) is 3.50. The van der Waals surface area contributed by atoms with Gasteiger partial charge in [0.1, 0.15) is 5.82 Å². The van der Waals surface area contributed by atoms with Gasteiger partial charge < -0.3 is 4.98 Å². The number of aromatic nitrogens is 2. The summed E-state index contributed by atoms with van der Waals surface area (Å²) in [5.41, 5.74) is 5.39. The standard InChI is InChI=1S/C13H17ClN4/c14-10-4-5-11-12(8-10)17-13(16-11)9-15-18-6-2-1-3-7-18/h4-5,8,15H,1-3,6-7,9H2,(H,16,17). The first-order valence-corrected chi connectivity index (χ1v) is 6.82. The van der Waals surface area contributed by atoms with E-state index >= 15 is 0 Å². The van der Waals surface area contributed by atoms with Crippen LogP contribution >= 0.6 is 11.6 Å². The molecule has 1 aliphatic rings. The van der Waals surface area contributed by atoms with Crippen LogP contribution < -0.4 is 5.43 Å². The minimum atomic E-state index is 0.738. The van der Waals surface area contributed by atoms with Crippen molar-refractivity contribution >= 4 is 22.6 Å². The van der Waals surface area contributed by atoms with Crippen LogP contribution in [0.2, 0.25) is 5.02 Å². The first kappa shape index (κ1) is 12.0. The van der Waals surface area contributed by atoms with Crippen molar-refractivity contribution in [3.63, 3.8) is 0 Å². The molecule has 0 bridgehead atoms. The number of rotatable bonds is 3. The lowest BCUT2D eigenvalue weighted by Gasteiger charge is -2.26. The third-order valence-corrected chi connectivity index (χ3v) is 3.55. The highest BCUT2D eigenvalue weighted by molar-refractivity contribution is 6.31. The summed E-state index contributed by atoms with van der Waals surface area (Å²) in [6, 6.07) is 5.72. The molecule has 1 fully saturated rings. The van der Waals surface area contributed by atoms with E-state index in [1.165, 1.54) is 19.3 Å². The number of fused-ring (bicyclic) bond motifs is 1. The van der Waals surface area contributed by atoms with E-state index in [-0.39, 0.29) is 0 Å². The number of hydrogen-bond donors (Lipinski definition) is 2. The zero-order chi connectivity index (χ0) is 12.4. The third kappa shape index (κ3) is 2.66. The molecule has 0 amide bonds. The molecule has 1 saturated heterocycles. The van der Waals surface area contributed by atoms with E-state index in [0.717, 1.165) is 41.5 Å². The Morgan fingerprint density at radius 2 is 2.11 bits per heavy atom. The van der Waals surface area contributed by atoms with Gasteiger partial charge in [-0.15, -0.1) is 0 Å². The molecule has 1 aromatic heterocycles. The quantitative estimate of drug-likeness (QED) is 0.896. The van der Waals surface area contributed by atoms with Crippen molar-refractivity contribution in [2.75, 3.05) is 13.1 Å². The van der Waals surface area contributed by atoms with E-state index in [2.05, 4.69) is 20.4 Å². The Morgan fingerprint density at radius 3 is 2.94 bits per heavy atom. The van der Waals surface area contributed by atoms with E-state index < -0.39 is 0 Å². The van der Waals surface area contributed by atoms with Crippen molar-refractivity contribution in [1.82, 2.24) is 20.4 Å². The summed E-state index contributed by atoms with van der Waals surface area (Å²) in [5, 5.41) is 3.02. The van der Waals surface area contributed by atoms with Crippen LogP contribution in [0.1, 0.15) is 25.1 Å². The molecule has 0 saturated carbocycles. The SMILES string of the molecule is Clc1ccc2nc(CNN3CCCCC3)[nH]c2c1. The number of aromatic amines is 1. The average molecular weight is 265 g/mol. The van der Waals surface area contributed by atoms with Crippen molar-refractivity contribution in [2.45, 2.75) is 25.8 Å². The van der Waals surface area contributed by atoms with Gasteiger partial charge >= 0.3 is 0 Å². The van der Waals surface area contributed by atoms with Gasteiger partial charge in [0.05, 0.1) is 17.6 Å². The molecular weight excluding hydrogens is 248 g/mol. The Morgan fingerprint density at radius 1 is 1.28 bits per heavy atom. The molecule has 3 rings (SSSR count). The molecule has 18 heavy (non-hydrogen) atoms. The molecule has 0 spiro atoms. The topological polar surface area (TPSA) is 44.0 Å². The van der Waals surface area contributed by atoms with Crippen molar-refractivity contribution in [3.8, 4) is 0 Å². The van der Waals surface area contributed by atoms with E-state index in [1.807, 2.05) is 18.2 Å². The number of imidazole rings is 1. The molecule has 0 atom stereocenters. The molecule has 0 unspecified atom stereocenters. The maximum absolute atomic E-state index is 5.96. The number of hydrogen-bond acceptors (Lipinski definition) is 3. The zero-order valence-corrected chi connectivity index (χ0v) is 11.0. The van der Waals surface area contributed by atoms with Gasteiger partial charge in [-0.05, 0) is 31.0 Å². The van der Waals surface area contributed by atoms with Crippen LogP contribution in [0.25, 0.3) is 11.0 Å². The second kappa shape index (κ2) is 5.26. The van der Waals surface area contributed by atoms with Gasteiger partial charge in [0.2, 0.25) is 0 Å². The number of nitrogens with one attached hydrogen (secondary N) is 2. The summed E-state index contributed by atoms with van der Waals surface area (Å²) < 4.78 is 0. The van der Waals surface area contributed by atoms with Crippen LogP contribution in [0.4, 0.5) is 0 Å². The fourth-order valence-electron chi connectivity index (χ4n) is 2.36. The van der Waals surface area contributed by atoms with Crippen molar-refractivity contribution < 1.29 is 0 Å². The van der Waals surface area contributed by atoms with Crippen LogP contribution in [0.3, 0.4) is 0 Å². The molecule has 1 aromatic carbocycles. The van der Waals surface area contributed by atoms with Gasteiger partial charge in [0.25, 0.3) is 0 Å². The van der Waals surface area contributed by atoms with Crippen molar-refractivity contribution in [2.24, 2.45) is 0 Å². The third-order valence-electron chi connectivity index (χ3n) is 3.32. The van der Waals surface area contributed by atoms with Crippen LogP contribution in [0.5, 0.6) is 0 Å². The molecule has 2 aromatic rings. The van der Waals surface area contributed by atoms with E-state index in [0.29, 0.717) is 0 Å². The number of hydrazine groups is 1.